The molecule has 0 fully saturated rings. The van der Waals surface area contributed by atoms with Gasteiger partial charge in [-0.3, -0.25) is 10.1 Å². The number of sulfone groups is 1. The molecule has 1 aromatic rings. The third-order valence-electron chi connectivity index (χ3n) is 2.44. The van der Waals surface area contributed by atoms with Gasteiger partial charge in [-0.05, 0) is 17.7 Å². The highest BCUT2D eigenvalue weighted by Crippen LogP contribution is 2.28. The summed E-state index contributed by atoms with van der Waals surface area (Å²) in [5.74, 6) is -0.104. The molecule has 0 saturated heterocycles. The highest BCUT2D eigenvalue weighted by Gasteiger charge is 2.29. The van der Waals surface area contributed by atoms with E-state index in [4.69, 9.17) is 0 Å². The fraction of sp³-hybridized carbons (Fsp3) is 0.400. The summed E-state index contributed by atoms with van der Waals surface area (Å²) in [7, 11) is -3.44. The van der Waals surface area contributed by atoms with E-state index < -0.39 is 25.0 Å². The van der Waals surface area contributed by atoms with Gasteiger partial charge in [-0.25, -0.2) is 8.42 Å². The summed E-state index contributed by atoms with van der Waals surface area (Å²) in [4.78, 5) is 9.89. The van der Waals surface area contributed by atoms with Gasteiger partial charge < -0.3 is 5.11 Å². The van der Waals surface area contributed by atoms with Gasteiger partial charge in [-0.15, -0.1) is 0 Å². The van der Waals surface area contributed by atoms with Crippen LogP contribution in [0.25, 0.3) is 0 Å². The number of nitro benzene ring substituents is 1. The minimum atomic E-state index is -3.44. The molecule has 0 heterocycles. The molecule has 6 nitrogen and oxygen atoms in total. The van der Waals surface area contributed by atoms with E-state index in [1.807, 2.05) is 0 Å². The van der Waals surface area contributed by atoms with Crippen LogP contribution in [0.4, 0.5) is 5.69 Å². The van der Waals surface area contributed by atoms with Gasteiger partial charge in [-0.1, -0.05) is 22.9 Å². The van der Waals surface area contributed by atoms with Crippen molar-refractivity contribution in [3.63, 3.8) is 0 Å². The monoisotopic (exact) mass is 337 g/mol. The van der Waals surface area contributed by atoms with Crippen LogP contribution in [-0.4, -0.2) is 28.4 Å². The summed E-state index contributed by atoms with van der Waals surface area (Å²) in [6, 6.07) is 5.11. The minimum absolute atomic E-state index is 0.104. The number of aliphatic hydroxyl groups is 1. The summed E-state index contributed by atoms with van der Waals surface area (Å²) in [5, 5.41) is 20.3. The number of rotatable bonds is 5. The molecule has 0 aliphatic carbocycles. The summed E-state index contributed by atoms with van der Waals surface area (Å²) in [6.45, 7) is 1.48. The highest BCUT2D eigenvalue weighted by atomic mass is 79.9. The summed E-state index contributed by atoms with van der Waals surface area (Å²) < 4.78 is 22.0. The van der Waals surface area contributed by atoms with Gasteiger partial charge in [0.15, 0.2) is 9.84 Å². The predicted octanol–water partition coefficient (Wildman–Crippen LogP) is 1.78. The van der Waals surface area contributed by atoms with Crippen LogP contribution in [0.2, 0.25) is 0 Å². The SMILES string of the molecule is CCS(=O)(=O)[C@@H](Br)[C@H](O)c1ccc([N+](=O)[O-])cc1. The molecule has 0 saturated carbocycles. The molecule has 2 atom stereocenters. The quantitative estimate of drug-likeness (QED) is 0.501. The van der Waals surface area contributed by atoms with Crippen molar-refractivity contribution in [2.75, 3.05) is 5.75 Å². The zero-order chi connectivity index (χ0) is 13.9. The molecule has 100 valence electrons. The molecule has 0 aromatic heterocycles. The Hall–Kier alpha value is -0.990. The van der Waals surface area contributed by atoms with Crippen LogP contribution in [0.3, 0.4) is 0 Å². The number of benzene rings is 1. The van der Waals surface area contributed by atoms with Gasteiger partial charge in [0.05, 0.1) is 4.92 Å². The van der Waals surface area contributed by atoms with Crippen LogP contribution in [0.15, 0.2) is 24.3 Å². The number of aliphatic hydroxyl groups excluding tert-OH is 1. The molecule has 0 amide bonds. The Balaban J connectivity index is 2.98. The largest absolute Gasteiger partial charge is 0.386 e. The van der Waals surface area contributed by atoms with E-state index >= 15 is 0 Å². The molecule has 1 N–H and O–H groups in total. The zero-order valence-electron chi connectivity index (χ0n) is 9.48. The van der Waals surface area contributed by atoms with Crippen molar-refractivity contribution in [2.45, 2.75) is 17.2 Å². The summed E-state index contributed by atoms with van der Waals surface area (Å²) in [6.07, 6.45) is -1.27. The second-order valence-corrected chi connectivity index (χ2v) is 7.60. The second kappa shape index (κ2) is 5.77. The Bertz CT molecular complexity index is 528. The molecule has 0 bridgehead atoms. The van der Waals surface area contributed by atoms with E-state index in [0.717, 1.165) is 0 Å². The number of non-ortho nitro benzene ring substituents is 1. The fourth-order valence-corrected chi connectivity index (χ4v) is 3.27. The lowest BCUT2D eigenvalue weighted by Crippen LogP contribution is -2.24. The predicted molar refractivity (Wildman–Crippen MR) is 70.2 cm³/mol. The third-order valence-corrected chi connectivity index (χ3v) is 6.40. The molecule has 0 radical (unpaired) electrons. The lowest BCUT2D eigenvalue weighted by atomic mass is 10.1. The van der Waals surface area contributed by atoms with E-state index in [1.165, 1.54) is 31.2 Å². The van der Waals surface area contributed by atoms with Crippen molar-refractivity contribution >= 4 is 31.5 Å². The smallest absolute Gasteiger partial charge is 0.269 e. The van der Waals surface area contributed by atoms with E-state index in [2.05, 4.69) is 15.9 Å². The zero-order valence-corrected chi connectivity index (χ0v) is 11.9. The molecule has 0 unspecified atom stereocenters. The van der Waals surface area contributed by atoms with Gasteiger partial charge in [0.1, 0.15) is 10.3 Å². The lowest BCUT2D eigenvalue weighted by Gasteiger charge is -2.17. The number of alkyl halides is 1. The van der Waals surface area contributed by atoms with Crippen molar-refractivity contribution < 1.29 is 18.4 Å². The third kappa shape index (κ3) is 3.27. The van der Waals surface area contributed by atoms with Gasteiger partial charge in [0, 0.05) is 17.9 Å². The first-order valence-electron chi connectivity index (χ1n) is 5.07. The van der Waals surface area contributed by atoms with E-state index in [0.29, 0.717) is 5.56 Å². The van der Waals surface area contributed by atoms with E-state index in [-0.39, 0.29) is 11.4 Å². The molecule has 0 aliphatic rings. The standard InChI is InChI=1S/C10H12BrNO5S/c1-2-18(16,17)10(11)9(13)7-3-5-8(6-4-7)12(14)15/h3-6,9-10,13H,2H2,1H3/t9-,10-/m1/s1. The average molecular weight is 338 g/mol. The van der Waals surface area contributed by atoms with Crippen molar-refractivity contribution in [1.29, 1.82) is 0 Å². The topological polar surface area (TPSA) is 97.5 Å². The number of nitro groups is 1. The van der Waals surface area contributed by atoms with Gasteiger partial charge >= 0.3 is 0 Å². The molecule has 0 spiro atoms. The first-order chi connectivity index (χ1) is 8.29. The molecular weight excluding hydrogens is 326 g/mol. The molecule has 1 rings (SSSR count). The van der Waals surface area contributed by atoms with Crippen LogP contribution >= 0.6 is 15.9 Å². The van der Waals surface area contributed by atoms with Crippen molar-refractivity contribution in [3.8, 4) is 0 Å². The molecular formula is C10H12BrNO5S. The Morgan fingerprint density at radius 1 is 1.39 bits per heavy atom. The van der Waals surface area contributed by atoms with Crippen molar-refractivity contribution in [2.24, 2.45) is 0 Å². The van der Waals surface area contributed by atoms with Gasteiger partial charge in [0.25, 0.3) is 5.69 Å². The minimum Gasteiger partial charge on any atom is -0.386 e. The second-order valence-electron chi connectivity index (χ2n) is 3.60. The summed E-state index contributed by atoms with van der Waals surface area (Å²) in [5.41, 5.74) is 0.190. The molecule has 8 heteroatoms. The maximum absolute atomic E-state index is 11.6. The maximum Gasteiger partial charge on any atom is 0.269 e. The Labute approximate surface area is 113 Å². The Morgan fingerprint density at radius 3 is 2.28 bits per heavy atom. The normalized spacial score (nSPS) is 15.1. The van der Waals surface area contributed by atoms with Crippen molar-refractivity contribution in [1.82, 2.24) is 0 Å². The Kier molecular flexibility index (Phi) is 4.83. The number of nitrogens with zero attached hydrogens (tertiary/aromatic N) is 1. The fourth-order valence-electron chi connectivity index (χ4n) is 1.30. The van der Waals surface area contributed by atoms with E-state index in [1.54, 1.807) is 0 Å². The number of halogens is 1. The first-order valence-corrected chi connectivity index (χ1v) is 7.70. The average Bonchev–Trinajstić information content (AvgIpc) is 2.37. The van der Waals surface area contributed by atoms with Crippen LogP contribution in [0.5, 0.6) is 0 Å². The molecule has 18 heavy (non-hydrogen) atoms. The number of hydrogen-bond donors (Lipinski definition) is 1. The maximum atomic E-state index is 11.6. The van der Waals surface area contributed by atoms with Crippen LogP contribution in [0, 0.1) is 10.1 Å². The first kappa shape index (κ1) is 15.1. The van der Waals surface area contributed by atoms with Crippen LogP contribution in [-0.2, 0) is 9.84 Å². The van der Waals surface area contributed by atoms with E-state index in [9.17, 15) is 23.6 Å². The van der Waals surface area contributed by atoms with Crippen molar-refractivity contribution in [3.05, 3.63) is 39.9 Å². The van der Waals surface area contributed by atoms with Gasteiger partial charge in [-0.2, -0.15) is 0 Å². The Morgan fingerprint density at radius 2 is 1.89 bits per heavy atom. The lowest BCUT2D eigenvalue weighted by molar-refractivity contribution is -0.384. The number of hydrogen-bond acceptors (Lipinski definition) is 5. The highest BCUT2D eigenvalue weighted by molar-refractivity contribution is 9.11. The van der Waals surface area contributed by atoms with Crippen LogP contribution < -0.4 is 0 Å². The molecule has 0 aliphatic heterocycles. The van der Waals surface area contributed by atoms with Crippen LogP contribution in [0.1, 0.15) is 18.6 Å². The van der Waals surface area contributed by atoms with Gasteiger partial charge in [0.2, 0.25) is 0 Å². The summed E-state index contributed by atoms with van der Waals surface area (Å²) >= 11 is 2.94. The molecule has 1 aromatic carbocycles.